The molecule has 0 saturated carbocycles. The van der Waals surface area contributed by atoms with Crippen LogP contribution < -0.4 is 14.8 Å². The molecule has 1 aromatic carbocycles. The first-order chi connectivity index (χ1) is 10.3. The van der Waals surface area contributed by atoms with E-state index in [1.54, 1.807) is 20.4 Å². The molecule has 0 fully saturated rings. The van der Waals surface area contributed by atoms with E-state index in [0.29, 0.717) is 0 Å². The Bertz CT molecular complexity index is 555. The Balaban J connectivity index is 2.21. The molecular weight excluding hydrogens is 264 g/mol. The van der Waals surface area contributed by atoms with Gasteiger partial charge < -0.3 is 14.8 Å². The van der Waals surface area contributed by atoms with Crippen LogP contribution in [0.2, 0.25) is 0 Å². The molecule has 2 aromatic rings. The van der Waals surface area contributed by atoms with E-state index in [1.807, 2.05) is 24.3 Å². The summed E-state index contributed by atoms with van der Waals surface area (Å²) in [5, 5.41) is 3.48. The Morgan fingerprint density at radius 2 is 1.86 bits per heavy atom. The van der Waals surface area contributed by atoms with Crippen LogP contribution in [0.25, 0.3) is 0 Å². The lowest BCUT2D eigenvalue weighted by Gasteiger charge is -2.19. The molecule has 0 saturated heterocycles. The van der Waals surface area contributed by atoms with Crippen molar-refractivity contribution in [1.29, 1.82) is 0 Å². The van der Waals surface area contributed by atoms with E-state index in [0.717, 1.165) is 30.2 Å². The largest absolute Gasteiger partial charge is 0.497 e. The molecule has 0 spiro atoms. The maximum atomic E-state index is 5.42. The molecule has 2 rings (SSSR count). The van der Waals surface area contributed by atoms with Crippen molar-refractivity contribution >= 4 is 0 Å². The molecule has 1 heterocycles. The molecule has 0 aliphatic carbocycles. The number of nitrogens with one attached hydrogen (secondary N) is 1. The van der Waals surface area contributed by atoms with Gasteiger partial charge in [-0.25, -0.2) is 0 Å². The third kappa shape index (κ3) is 3.95. The van der Waals surface area contributed by atoms with Gasteiger partial charge in [0.15, 0.2) is 0 Å². The highest BCUT2D eigenvalue weighted by Crippen LogP contribution is 2.25. The highest BCUT2D eigenvalue weighted by Gasteiger charge is 2.17. The number of nitrogens with zero attached hydrogens (tertiary/aromatic N) is 1. The molecule has 0 bridgehead atoms. The number of methoxy groups -OCH3 is 2. The van der Waals surface area contributed by atoms with Crippen molar-refractivity contribution in [3.8, 4) is 11.5 Å². The van der Waals surface area contributed by atoms with E-state index in [2.05, 4.69) is 29.4 Å². The fourth-order valence-electron chi connectivity index (χ4n) is 2.35. The second-order valence-corrected chi connectivity index (χ2v) is 4.75. The number of ether oxygens (including phenoxy) is 2. The first-order valence-corrected chi connectivity index (χ1v) is 7.13. The molecule has 0 amide bonds. The van der Waals surface area contributed by atoms with Crippen LogP contribution in [-0.2, 0) is 6.42 Å². The normalized spacial score (nSPS) is 12.0. The summed E-state index contributed by atoms with van der Waals surface area (Å²) in [4.78, 5) is 4.49. The van der Waals surface area contributed by atoms with Crippen LogP contribution in [0.5, 0.6) is 11.5 Å². The fraction of sp³-hybridized carbons (Fsp3) is 0.353. The van der Waals surface area contributed by atoms with Gasteiger partial charge in [-0.2, -0.15) is 0 Å². The summed E-state index contributed by atoms with van der Waals surface area (Å²) in [5.41, 5.74) is 2.17. The Kier molecular flexibility index (Phi) is 5.58. The quantitative estimate of drug-likeness (QED) is 0.849. The zero-order valence-corrected chi connectivity index (χ0v) is 12.8. The molecule has 112 valence electrons. The smallest absolute Gasteiger partial charge is 0.141 e. The van der Waals surface area contributed by atoms with E-state index in [1.165, 1.54) is 5.56 Å². The van der Waals surface area contributed by atoms with Crippen molar-refractivity contribution in [2.24, 2.45) is 0 Å². The van der Waals surface area contributed by atoms with Gasteiger partial charge >= 0.3 is 0 Å². The van der Waals surface area contributed by atoms with Crippen LogP contribution in [0.1, 0.15) is 24.2 Å². The SMILES string of the molecule is CCNC(Cc1ccc(OC)cc1)c1ncccc1OC. The number of aromatic nitrogens is 1. The molecule has 1 aromatic heterocycles. The molecule has 4 nitrogen and oxygen atoms in total. The predicted octanol–water partition coefficient (Wildman–Crippen LogP) is 2.99. The molecule has 1 unspecified atom stereocenters. The van der Waals surface area contributed by atoms with Crippen molar-refractivity contribution < 1.29 is 9.47 Å². The van der Waals surface area contributed by atoms with Crippen molar-refractivity contribution in [2.45, 2.75) is 19.4 Å². The van der Waals surface area contributed by atoms with E-state index in [9.17, 15) is 0 Å². The second-order valence-electron chi connectivity index (χ2n) is 4.75. The highest BCUT2D eigenvalue weighted by molar-refractivity contribution is 5.33. The average Bonchev–Trinajstić information content (AvgIpc) is 2.55. The number of hydrogen-bond acceptors (Lipinski definition) is 4. The molecule has 1 N–H and O–H groups in total. The van der Waals surface area contributed by atoms with Gasteiger partial charge in [-0.15, -0.1) is 0 Å². The van der Waals surface area contributed by atoms with Crippen molar-refractivity contribution in [3.63, 3.8) is 0 Å². The fourth-order valence-corrected chi connectivity index (χ4v) is 2.35. The summed E-state index contributed by atoms with van der Waals surface area (Å²) in [5.74, 6) is 1.69. The van der Waals surface area contributed by atoms with Crippen LogP contribution in [0.4, 0.5) is 0 Å². The van der Waals surface area contributed by atoms with E-state index in [-0.39, 0.29) is 6.04 Å². The minimum atomic E-state index is 0.125. The van der Waals surface area contributed by atoms with Crippen LogP contribution in [0.3, 0.4) is 0 Å². The topological polar surface area (TPSA) is 43.4 Å². The predicted molar refractivity (Wildman–Crippen MR) is 83.9 cm³/mol. The van der Waals surface area contributed by atoms with Gasteiger partial charge in [-0.3, -0.25) is 4.98 Å². The van der Waals surface area contributed by atoms with Gasteiger partial charge in [-0.1, -0.05) is 19.1 Å². The Morgan fingerprint density at radius 3 is 2.48 bits per heavy atom. The van der Waals surface area contributed by atoms with Gasteiger partial charge in [0.25, 0.3) is 0 Å². The van der Waals surface area contributed by atoms with Gasteiger partial charge in [0.05, 0.1) is 26.0 Å². The van der Waals surface area contributed by atoms with Gasteiger partial charge in [0, 0.05) is 6.20 Å². The summed E-state index contributed by atoms with van der Waals surface area (Å²) in [6, 6.07) is 12.1. The first kappa shape index (κ1) is 15.3. The maximum Gasteiger partial charge on any atom is 0.141 e. The second kappa shape index (κ2) is 7.64. The first-order valence-electron chi connectivity index (χ1n) is 7.13. The van der Waals surface area contributed by atoms with Crippen LogP contribution in [-0.4, -0.2) is 25.7 Å². The van der Waals surface area contributed by atoms with Crippen molar-refractivity contribution in [1.82, 2.24) is 10.3 Å². The van der Waals surface area contributed by atoms with Gasteiger partial charge in [0.1, 0.15) is 11.5 Å². The summed E-state index contributed by atoms with van der Waals surface area (Å²) in [6.07, 6.45) is 2.65. The molecular formula is C17H22N2O2. The van der Waals surface area contributed by atoms with Crippen LogP contribution >= 0.6 is 0 Å². The summed E-state index contributed by atoms with van der Waals surface area (Å²) in [6.45, 7) is 2.97. The molecule has 0 aliphatic rings. The van der Waals surface area contributed by atoms with Gasteiger partial charge in [-0.05, 0) is 42.8 Å². The highest BCUT2D eigenvalue weighted by atomic mass is 16.5. The maximum absolute atomic E-state index is 5.42. The zero-order valence-electron chi connectivity index (χ0n) is 12.8. The summed E-state index contributed by atoms with van der Waals surface area (Å²) >= 11 is 0. The number of pyridine rings is 1. The lowest BCUT2D eigenvalue weighted by molar-refractivity contribution is 0.394. The third-order valence-corrected chi connectivity index (χ3v) is 3.40. The van der Waals surface area contributed by atoms with Crippen molar-refractivity contribution in [2.75, 3.05) is 20.8 Å². The molecule has 0 aliphatic heterocycles. The van der Waals surface area contributed by atoms with E-state index >= 15 is 0 Å². The Morgan fingerprint density at radius 1 is 1.10 bits per heavy atom. The number of hydrogen-bond donors (Lipinski definition) is 1. The number of benzene rings is 1. The lowest BCUT2D eigenvalue weighted by Crippen LogP contribution is -2.24. The lowest BCUT2D eigenvalue weighted by atomic mass is 10.0. The summed E-state index contributed by atoms with van der Waals surface area (Å²) in [7, 11) is 3.35. The standard InChI is InChI=1S/C17H22N2O2/c1-4-18-15(17-16(21-3)6-5-11-19-17)12-13-7-9-14(20-2)10-8-13/h5-11,15,18H,4,12H2,1-3H3. The minimum absolute atomic E-state index is 0.125. The van der Waals surface area contributed by atoms with Crippen LogP contribution in [0, 0.1) is 0 Å². The Labute approximate surface area is 126 Å². The average molecular weight is 286 g/mol. The molecule has 4 heteroatoms. The number of rotatable bonds is 7. The molecule has 1 atom stereocenters. The minimum Gasteiger partial charge on any atom is -0.497 e. The van der Waals surface area contributed by atoms with E-state index < -0.39 is 0 Å². The monoisotopic (exact) mass is 286 g/mol. The van der Waals surface area contributed by atoms with E-state index in [4.69, 9.17) is 9.47 Å². The molecule has 0 radical (unpaired) electrons. The number of likely N-dealkylation sites (N-methyl/N-ethyl adjacent to an activating group) is 1. The Hall–Kier alpha value is -2.07. The molecule has 21 heavy (non-hydrogen) atoms. The third-order valence-electron chi connectivity index (χ3n) is 3.40. The van der Waals surface area contributed by atoms with Crippen molar-refractivity contribution in [3.05, 3.63) is 53.9 Å². The summed E-state index contributed by atoms with van der Waals surface area (Å²) < 4.78 is 10.6. The van der Waals surface area contributed by atoms with Crippen LogP contribution in [0.15, 0.2) is 42.6 Å². The zero-order chi connectivity index (χ0) is 15.1. The van der Waals surface area contributed by atoms with Gasteiger partial charge in [0.2, 0.25) is 0 Å².